The van der Waals surface area contributed by atoms with Crippen LogP contribution in [0.1, 0.15) is 5.56 Å². The van der Waals surface area contributed by atoms with E-state index < -0.39 is 0 Å². The van der Waals surface area contributed by atoms with Gasteiger partial charge in [0, 0.05) is 18.7 Å². The van der Waals surface area contributed by atoms with Crippen molar-refractivity contribution in [3.8, 4) is 5.75 Å². The molecule has 2 aromatic rings. The van der Waals surface area contributed by atoms with E-state index in [1.807, 2.05) is 24.3 Å². The first-order valence-electron chi connectivity index (χ1n) is 7.46. The molecule has 124 valence electrons. The van der Waals surface area contributed by atoms with Gasteiger partial charge in [-0.15, -0.1) is 0 Å². The standard InChI is InChI=1S/C18H12N2O3S2/c1-19-13-8-3-2-7-12(13)14(16(19)22)15-17(23)20(18(24)25-15)10-5-4-6-11(21)9-10/h2-9,21H,1H3. The Hall–Kier alpha value is -2.64. The molecule has 7 heteroatoms. The highest BCUT2D eigenvalue weighted by Gasteiger charge is 2.41. The van der Waals surface area contributed by atoms with Gasteiger partial charge >= 0.3 is 0 Å². The molecular weight excluding hydrogens is 356 g/mol. The summed E-state index contributed by atoms with van der Waals surface area (Å²) in [6.07, 6.45) is 0. The molecule has 0 aliphatic carbocycles. The molecule has 1 saturated heterocycles. The zero-order valence-corrected chi connectivity index (χ0v) is 14.7. The summed E-state index contributed by atoms with van der Waals surface area (Å²) in [7, 11) is 1.68. The molecule has 1 N–H and O–H groups in total. The van der Waals surface area contributed by atoms with Crippen LogP contribution < -0.4 is 9.80 Å². The lowest BCUT2D eigenvalue weighted by atomic mass is 10.1. The highest BCUT2D eigenvalue weighted by molar-refractivity contribution is 8.27. The lowest BCUT2D eigenvalue weighted by molar-refractivity contribution is -0.115. The molecule has 2 aromatic carbocycles. The molecule has 0 atom stereocenters. The summed E-state index contributed by atoms with van der Waals surface area (Å²) in [4.78, 5) is 28.9. The summed E-state index contributed by atoms with van der Waals surface area (Å²) in [6, 6.07) is 13.7. The van der Waals surface area contributed by atoms with Crippen molar-refractivity contribution in [3.05, 3.63) is 59.0 Å². The number of carbonyl (C=O) groups is 2. The Labute approximate surface area is 153 Å². The van der Waals surface area contributed by atoms with Crippen LogP contribution >= 0.6 is 24.0 Å². The number of aromatic hydroxyl groups is 1. The zero-order chi connectivity index (χ0) is 17.7. The minimum atomic E-state index is -0.353. The second-order valence-corrected chi connectivity index (χ2v) is 7.26. The fraction of sp³-hybridized carbons (Fsp3) is 0.0556. The summed E-state index contributed by atoms with van der Waals surface area (Å²) in [6.45, 7) is 0. The largest absolute Gasteiger partial charge is 0.508 e. The fourth-order valence-corrected chi connectivity index (χ4v) is 4.33. The lowest BCUT2D eigenvalue weighted by Crippen LogP contribution is -2.28. The molecule has 2 heterocycles. The van der Waals surface area contributed by atoms with E-state index in [0.29, 0.717) is 20.5 Å². The van der Waals surface area contributed by atoms with Gasteiger partial charge in [0.2, 0.25) is 0 Å². The Bertz CT molecular complexity index is 984. The van der Waals surface area contributed by atoms with Crippen LogP contribution in [0.3, 0.4) is 0 Å². The maximum Gasteiger partial charge on any atom is 0.271 e. The number of likely N-dealkylation sites (N-methyl/N-ethyl adjacent to an activating group) is 1. The number of fused-ring (bicyclic) bond motifs is 1. The molecule has 4 rings (SSSR count). The molecule has 2 amide bonds. The first kappa shape index (κ1) is 15.9. The van der Waals surface area contributed by atoms with Gasteiger partial charge in [-0.3, -0.25) is 14.5 Å². The van der Waals surface area contributed by atoms with Gasteiger partial charge in [0.1, 0.15) is 5.75 Å². The van der Waals surface area contributed by atoms with Gasteiger partial charge in [0.15, 0.2) is 4.32 Å². The van der Waals surface area contributed by atoms with Crippen molar-refractivity contribution < 1.29 is 14.7 Å². The van der Waals surface area contributed by atoms with Crippen LogP contribution in [0.25, 0.3) is 5.57 Å². The smallest absolute Gasteiger partial charge is 0.271 e. The molecular formula is C18H12N2O3S2. The molecule has 0 unspecified atom stereocenters. The van der Waals surface area contributed by atoms with Gasteiger partial charge in [-0.05, 0) is 18.2 Å². The summed E-state index contributed by atoms with van der Waals surface area (Å²) >= 11 is 6.46. The average molecular weight is 368 g/mol. The number of nitrogens with zero attached hydrogens (tertiary/aromatic N) is 2. The number of phenols is 1. The highest BCUT2D eigenvalue weighted by atomic mass is 32.2. The number of carbonyl (C=O) groups excluding carboxylic acids is 2. The highest BCUT2D eigenvalue weighted by Crippen LogP contribution is 2.45. The first-order valence-corrected chi connectivity index (χ1v) is 8.68. The molecule has 25 heavy (non-hydrogen) atoms. The van der Waals surface area contributed by atoms with Crippen LogP contribution in [-0.4, -0.2) is 28.3 Å². The number of anilines is 2. The molecule has 0 saturated carbocycles. The number of benzene rings is 2. The van der Waals surface area contributed by atoms with Gasteiger partial charge in [0.25, 0.3) is 11.8 Å². The Morgan fingerprint density at radius 1 is 1.04 bits per heavy atom. The summed E-state index contributed by atoms with van der Waals surface area (Å²) in [5, 5.41) is 9.67. The van der Waals surface area contributed by atoms with E-state index >= 15 is 0 Å². The van der Waals surface area contributed by atoms with Crippen molar-refractivity contribution in [2.75, 3.05) is 16.8 Å². The normalized spacial score (nSPS) is 19.8. The molecule has 2 aliphatic heterocycles. The molecule has 0 bridgehead atoms. The van der Waals surface area contributed by atoms with E-state index in [1.165, 1.54) is 21.9 Å². The number of para-hydroxylation sites is 1. The molecule has 2 aliphatic rings. The zero-order valence-electron chi connectivity index (χ0n) is 13.1. The number of phenolic OH excluding ortho intramolecular Hbond substituents is 1. The second kappa shape index (κ2) is 5.72. The average Bonchev–Trinajstić information content (AvgIpc) is 3.02. The van der Waals surface area contributed by atoms with E-state index in [2.05, 4.69) is 0 Å². The third-order valence-corrected chi connectivity index (χ3v) is 5.51. The number of thiocarbonyl (C=S) groups is 1. The number of hydrogen-bond acceptors (Lipinski definition) is 5. The topological polar surface area (TPSA) is 60.9 Å². The Morgan fingerprint density at radius 3 is 2.56 bits per heavy atom. The van der Waals surface area contributed by atoms with Crippen LogP contribution in [0.15, 0.2) is 53.4 Å². The van der Waals surface area contributed by atoms with E-state index in [1.54, 1.807) is 19.2 Å². The second-order valence-electron chi connectivity index (χ2n) is 5.61. The SMILES string of the molecule is CN1C(=O)C(=C2SC(=S)N(c3cccc(O)c3)C2=O)c2ccccc21. The minimum Gasteiger partial charge on any atom is -0.508 e. The number of thioether (sulfide) groups is 1. The fourth-order valence-electron chi connectivity index (χ4n) is 2.96. The predicted molar refractivity (Wildman–Crippen MR) is 103 cm³/mol. The number of rotatable bonds is 1. The Kier molecular flexibility index (Phi) is 3.63. The third-order valence-electron chi connectivity index (χ3n) is 4.14. The van der Waals surface area contributed by atoms with Gasteiger partial charge < -0.3 is 10.0 Å². The molecule has 0 aromatic heterocycles. The van der Waals surface area contributed by atoms with Gasteiger partial charge in [0.05, 0.1) is 21.9 Å². The van der Waals surface area contributed by atoms with Crippen LogP contribution in [-0.2, 0) is 9.59 Å². The summed E-state index contributed by atoms with van der Waals surface area (Å²) in [5.74, 6) is -0.534. The van der Waals surface area contributed by atoms with Crippen molar-refractivity contribution in [1.29, 1.82) is 0 Å². The maximum atomic E-state index is 13.0. The molecule has 5 nitrogen and oxygen atoms in total. The molecule has 0 spiro atoms. The number of hydrogen-bond donors (Lipinski definition) is 1. The van der Waals surface area contributed by atoms with Crippen molar-refractivity contribution in [2.45, 2.75) is 0 Å². The Morgan fingerprint density at radius 2 is 1.80 bits per heavy atom. The molecule has 1 fully saturated rings. The van der Waals surface area contributed by atoms with Gasteiger partial charge in [-0.25, -0.2) is 0 Å². The van der Waals surface area contributed by atoms with Gasteiger partial charge in [-0.1, -0.05) is 48.2 Å². The van der Waals surface area contributed by atoms with Gasteiger partial charge in [-0.2, -0.15) is 0 Å². The minimum absolute atomic E-state index is 0.0428. The van der Waals surface area contributed by atoms with E-state index in [9.17, 15) is 14.7 Å². The van der Waals surface area contributed by atoms with Crippen molar-refractivity contribution in [3.63, 3.8) is 0 Å². The van der Waals surface area contributed by atoms with E-state index in [4.69, 9.17) is 12.2 Å². The van der Waals surface area contributed by atoms with Crippen molar-refractivity contribution in [2.24, 2.45) is 0 Å². The monoisotopic (exact) mass is 368 g/mol. The van der Waals surface area contributed by atoms with Crippen LogP contribution in [0.5, 0.6) is 5.75 Å². The quantitative estimate of drug-likeness (QED) is 0.619. The van der Waals surface area contributed by atoms with E-state index in [0.717, 1.165) is 23.0 Å². The summed E-state index contributed by atoms with van der Waals surface area (Å²) in [5.41, 5.74) is 2.35. The number of amides is 2. The van der Waals surface area contributed by atoms with Crippen LogP contribution in [0.2, 0.25) is 0 Å². The Balaban J connectivity index is 1.85. The van der Waals surface area contributed by atoms with Crippen LogP contribution in [0.4, 0.5) is 11.4 Å². The first-order chi connectivity index (χ1) is 12.0. The molecule has 0 radical (unpaired) electrons. The summed E-state index contributed by atoms with van der Waals surface area (Å²) < 4.78 is 0.331. The maximum absolute atomic E-state index is 13.0. The third kappa shape index (κ3) is 2.35. The predicted octanol–water partition coefficient (Wildman–Crippen LogP) is 3.14. The lowest BCUT2D eigenvalue weighted by Gasteiger charge is -2.14. The van der Waals surface area contributed by atoms with Crippen LogP contribution in [0, 0.1) is 0 Å². The van der Waals surface area contributed by atoms with Crippen molar-refractivity contribution in [1.82, 2.24) is 0 Å². The van der Waals surface area contributed by atoms with E-state index in [-0.39, 0.29) is 17.6 Å². The van der Waals surface area contributed by atoms with Crippen molar-refractivity contribution >= 4 is 57.1 Å².